The minimum Gasteiger partial charge on any atom is -0.486 e. The number of aryl methyl sites for hydroxylation is 1. The summed E-state index contributed by atoms with van der Waals surface area (Å²) >= 11 is 0. The Morgan fingerprint density at radius 2 is 1.71 bits per heavy atom. The Bertz CT molecular complexity index is 1510. The molecule has 0 saturated heterocycles. The molecule has 3 aromatic carbocycles. The fourth-order valence-electron chi connectivity index (χ4n) is 4.57. The molecule has 4 rings (SSSR count). The Labute approximate surface area is 246 Å². The molecular weight excluding hydrogens is 561 g/mol. The Morgan fingerprint density at radius 1 is 1.00 bits per heavy atom. The number of anilines is 1. The van der Waals surface area contributed by atoms with Gasteiger partial charge in [-0.1, -0.05) is 43.2 Å². The van der Waals surface area contributed by atoms with Crippen molar-refractivity contribution in [3.05, 3.63) is 83.7 Å². The number of carbonyl (C=O) groups is 2. The summed E-state index contributed by atoms with van der Waals surface area (Å²) in [6, 6.07) is 15.7. The van der Waals surface area contributed by atoms with E-state index in [9.17, 15) is 22.4 Å². The number of nitrogens with one attached hydrogen (secondary N) is 1. The van der Waals surface area contributed by atoms with Crippen molar-refractivity contribution in [1.29, 1.82) is 0 Å². The molecule has 0 aromatic heterocycles. The summed E-state index contributed by atoms with van der Waals surface area (Å²) in [6.07, 6.45) is 1.68. The van der Waals surface area contributed by atoms with Gasteiger partial charge < -0.3 is 19.7 Å². The van der Waals surface area contributed by atoms with E-state index in [1.807, 2.05) is 38.1 Å². The lowest BCUT2D eigenvalue weighted by Crippen LogP contribution is -2.51. The fourth-order valence-corrected chi connectivity index (χ4v) is 6.00. The summed E-state index contributed by atoms with van der Waals surface area (Å²) in [7, 11) is -4.34. The van der Waals surface area contributed by atoms with Crippen LogP contribution < -0.4 is 19.1 Å². The molecule has 0 bridgehead atoms. The first kappa shape index (κ1) is 30.8. The average Bonchev–Trinajstić information content (AvgIpc) is 2.98. The number of amides is 2. The van der Waals surface area contributed by atoms with E-state index in [1.54, 1.807) is 6.92 Å². The molecule has 2 amide bonds. The van der Waals surface area contributed by atoms with Crippen molar-refractivity contribution < 1.29 is 31.9 Å². The second kappa shape index (κ2) is 13.7. The molecule has 1 N–H and O–H groups in total. The monoisotopic (exact) mass is 597 g/mol. The zero-order valence-corrected chi connectivity index (χ0v) is 24.8. The van der Waals surface area contributed by atoms with Gasteiger partial charge in [-0.05, 0) is 62.2 Å². The lowest BCUT2D eigenvalue weighted by Gasteiger charge is -2.32. The van der Waals surface area contributed by atoms with Gasteiger partial charge in [-0.2, -0.15) is 0 Å². The Balaban J connectivity index is 1.70. The van der Waals surface area contributed by atoms with Crippen LogP contribution in [-0.2, 0) is 26.2 Å². The Hall–Kier alpha value is -4.12. The van der Waals surface area contributed by atoms with Gasteiger partial charge in [0.2, 0.25) is 11.8 Å². The largest absolute Gasteiger partial charge is 0.486 e. The molecule has 0 saturated carbocycles. The van der Waals surface area contributed by atoms with Gasteiger partial charge in [-0.3, -0.25) is 13.9 Å². The second-order valence-electron chi connectivity index (χ2n) is 10.1. The third kappa shape index (κ3) is 7.39. The maximum Gasteiger partial charge on any atom is 0.264 e. The summed E-state index contributed by atoms with van der Waals surface area (Å²) in [4.78, 5) is 28.3. The van der Waals surface area contributed by atoms with Crippen LogP contribution in [0.1, 0.15) is 37.8 Å². The van der Waals surface area contributed by atoms with Gasteiger partial charge in [0.15, 0.2) is 11.5 Å². The van der Waals surface area contributed by atoms with E-state index in [4.69, 9.17) is 9.47 Å². The standard InChI is InChI=1S/C31H36FN3O6S/c1-4-5-15-33-31(37)23(3)34(20-24-8-6-7-22(2)18-24)30(36)21-35(26-11-9-25(32)10-12-26)42(38,39)27-13-14-28-29(19-27)41-17-16-40-28/h6-14,18-19,23H,4-5,15-17,20-21H2,1-3H3,(H,33,37)/t23-/m0/s1. The van der Waals surface area contributed by atoms with E-state index >= 15 is 0 Å². The molecule has 9 nitrogen and oxygen atoms in total. The van der Waals surface area contributed by atoms with Crippen molar-refractivity contribution in [2.24, 2.45) is 0 Å². The zero-order chi connectivity index (χ0) is 30.3. The highest BCUT2D eigenvalue weighted by atomic mass is 32.2. The van der Waals surface area contributed by atoms with Crippen LogP contribution in [0, 0.1) is 12.7 Å². The highest BCUT2D eigenvalue weighted by molar-refractivity contribution is 7.92. The highest BCUT2D eigenvalue weighted by Gasteiger charge is 2.33. The fraction of sp³-hybridized carbons (Fsp3) is 0.355. The molecule has 224 valence electrons. The zero-order valence-electron chi connectivity index (χ0n) is 24.0. The highest BCUT2D eigenvalue weighted by Crippen LogP contribution is 2.34. The third-order valence-electron chi connectivity index (χ3n) is 6.93. The van der Waals surface area contributed by atoms with E-state index in [1.165, 1.54) is 35.2 Å². The van der Waals surface area contributed by atoms with E-state index in [0.717, 1.165) is 40.4 Å². The van der Waals surface area contributed by atoms with Crippen LogP contribution in [0.5, 0.6) is 11.5 Å². The molecule has 1 aliphatic rings. The quantitative estimate of drug-likeness (QED) is 0.310. The van der Waals surface area contributed by atoms with Crippen molar-refractivity contribution in [3.63, 3.8) is 0 Å². The van der Waals surface area contributed by atoms with Crippen LogP contribution in [0.3, 0.4) is 0 Å². The van der Waals surface area contributed by atoms with Crippen molar-refractivity contribution in [1.82, 2.24) is 10.2 Å². The number of unbranched alkanes of at least 4 members (excludes halogenated alkanes) is 1. The molecule has 1 heterocycles. The van der Waals surface area contributed by atoms with Crippen molar-refractivity contribution in [2.75, 3.05) is 30.6 Å². The molecule has 3 aromatic rings. The molecule has 11 heteroatoms. The van der Waals surface area contributed by atoms with E-state index in [2.05, 4.69) is 5.32 Å². The molecule has 0 fully saturated rings. The van der Waals surface area contributed by atoms with Crippen molar-refractivity contribution >= 4 is 27.5 Å². The summed E-state index contributed by atoms with van der Waals surface area (Å²) in [5, 5.41) is 2.86. The molecule has 0 aliphatic carbocycles. The minimum atomic E-state index is -4.34. The number of nitrogens with zero attached hydrogens (tertiary/aromatic N) is 2. The molecule has 0 radical (unpaired) electrons. The summed E-state index contributed by atoms with van der Waals surface area (Å²) in [5.41, 5.74) is 1.86. The van der Waals surface area contributed by atoms with Gasteiger partial charge in [0.25, 0.3) is 10.0 Å². The number of hydrogen-bond acceptors (Lipinski definition) is 6. The number of carbonyl (C=O) groups excluding carboxylic acids is 2. The van der Waals surface area contributed by atoms with Crippen LogP contribution in [0.25, 0.3) is 0 Å². The first-order valence-corrected chi connectivity index (χ1v) is 15.3. The lowest BCUT2D eigenvalue weighted by molar-refractivity contribution is -0.139. The number of fused-ring (bicyclic) bond motifs is 1. The number of rotatable bonds is 12. The Morgan fingerprint density at radius 3 is 2.40 bits per heavy atom. The lowest BCUT2D eigenvalue weighted by atomic mass is 10.1. The number of hydrogen-bond donors (Lipinski definition) is 1. The van der Waals surface area contributed by atoms with Crippen LogP contribution in [0.15, 0.2) is 71.6 Å². The second-order valence-corrected chi connectivity index (χ2v) is 12.0. The van der Waals surface area contributed by atoms with Gasteiger partial charge in [0.1, 0.15) is 31.6 Å². The van der Waals surface area contributed by atoms with Gasteiger partial charge in [0.05, 0.1) is 10.6 Å². The molecular formula is C31H36FN3O6S. The maximum absolute atomic E-state index is 14.0. The molecule has 42 heavy (non-hydrogen) atoms. The van der Waals surface area contributed by atoms with Crippen molar-refractivity contribution in [3.8, 4) is 11.5 Å². The normalized spacial score (nSPS) is 13.2. The SMILES string of the molecule is CCCCNC(=O)[C@H](C)N(Cc1cccc(C)c1)C(=O)CN(c1ccc(F)cc1)S(=O)(=O)c1ccc2c(c1)OCCO2. The molecule has 1 atom stereocenters. The third-order valence-corrected chi connectivity index (χ3v) is 8.70. The van der Waals surface area contributed by atoms with Crippen LogP contribution in [-0.4, -0.2) is 57.5 Å². The van der Waals surface area contributed by atoms with Crippen LogP contribution in [0.2, 0.25) is 0 Å². The predicted molar refractivity (Wildman–Crippen MR) is 157 cm³/mol. The molecule has 1 aliphatic heterocycles. The maximum atomic E-state index is 14.0. The van der Waals surface area contributed by atoms with Crippen LogP contribution in [0.4, 0.5) is 10.1 Å². The van der Waals surface area contributed by atoms with Crippen LogP contribution >= 0.6 is 0 Å². The first-order valence-electron chi connectivity index (χ1n) is 13.9. The minimum absolute atomic E-state index is 0.0875. The summed E-state index contributed by atoms with van der Waals surface area (Å²) < 4.78 is 53.9. The number of halogens is 1. The summed E-state index contributed by atoms with van der Waals surface area (Å²) in [6.45, 7) is 6.09. The number of benzene rings is 3. The van der Waals surface area contributed by atoms with Gasteiger partial charge in [0, 0.05) is 19.2 Å². The topological polar surface area (TPSA) is 105 Å². The molecule has 0 spiro atoms. The van der Waals surface area contributed by atoms with E-state index in [-0.39, 0.29) is 35.4 Å². The average molecular weight is 598 g/mol. The van der Waals surface area contributed by atoms with Gasteiger partial charge >= 0.3 is 0 Å². The predicted octanol–water partition coefficient (Wildman–Crippen LogP) is 4.43. The molecule has 0 unspecified atom stereocenters. The Kier molecular flexibility index (Phi) is 10.1. The van der Waals surface area contributed by atoms with E-state index in [0.29, 0.717) is 18.9 Å². The smallest absolute Gasteiger partial charge is 0.264 e. The first-order chi connectivity index (χ1) is 20.1. The van der Waals surface area contributed by atoms with Crippen molar-refractivity contribution in [2.45, 2.75) is 51.1 Å². The number of ether oxygens (including phenoxy) is 2. The van der Waals surface area contributed by atoms with E-state index < -0.39 is 34.3 Å². The van der Waals surface area contributed by atoms with Gasteiger partial charge in [-0.15, -0.1) is 0 Å². The summed E-state index contributed by atoms with van der Waals surface area (Å²) in [5.74, 6) is -0.809. The number of sulfonamides is 1. The van der Waals surface area contributed by atoms with Gasteiger partial charge in [-0.25, -0.2) is 12.8 Å².